The summed E-state index contributed by atoms with van der Waals surface area (Å²) in [5.41, 5.74) is 3.83. The Morgan fingerprint density at radius 3 is 2.55 bits per heavy atom. The Hall–Kier alpha value is -2.30. The lowest BCUT2D eigenvalue weighted by Gasteiger charge is -2.42. The number of hydrogen-bond acceptors (Lipinski definition) is 3. The molecule has 2 aromatic rings. The van der Waals surface area contributed by atoms with Crippen molar-refractivity contribution in [2.24, 2.45) is 5.92 Å². The van der Waals surface area contributed by atoms with Crippen LogP contribution in [0.3, 0.4) is 0 Å². The maximum absolute atomic E-state index is 11.2. The van der Waals surface area contributed by atoms with Crippen molar-refractivity contribution in [1.82, 2.24) is 0 Å². The lowest BCUT2D eigenvalue weighted by molar-refractivity contribution is -0.136. The summed E-state index contributed by atoms with van der Waals surface area (Å²) < 4.78 is 12.1. The van der Waals surface area contributed by atoms with Crippen molar-refractivity contribution in [3.8, 4) is 5.75 Å². The fourth-order valence-corrected chi connectivity index (χ4v) is 4.29. The van der Waals surface area contributed by atoms with Gasteiger partial charge in [-0.2, -0.15) is 0 Å². The predicted octanol–water partition coefficient (Wildman–Crippen LogP) is 5.80. The Balaban J connectivity index is 1.96. The molecule has 1 N–H and O–H groups in total. The van der Waals surface area contributed by atoms with E-state index < -0.39 is 5.97 Å². The topological polar surface area (TPSA) is 55.8 Å². The van der Waals surface area contributed by atoms with Crippen LogP contribution >= 0.6 is 11.6 Å². The first-order valence-corrected chi connectivity index (χ1v) is 10.1. The van der Waals surface area contributed by atoms with Crippen molar-refractivity contribution >= 4 is 17.6 Å². The molecule has 1 fully saturated rings. The average molecular weight is 415 g/mol. The van der Waals surface area contributed by atoms with Gasteiger partial charge in [0.1, 0.15) is 5.75 Å². The average Bonchev–Trinajstić information content (AvgIpc) is 2.68. The molecule has 1 saturated heterocycles. The molecule has 4 nitrogen and oxygen atoms in total. The van der Waals surface area contributed by atoms with Gasteiger partial charge in [-0.15, -0.1) is 0 Å². The van der Waals surface area contributed by atoms with E-state index in [2.05, 4.69) is 25.6 Å². The lowest BCUT2D eigenvalue weighted by Crippen LogP contribution is -2.34. The van der Waals surface area contributed by atoms with E-state index >= 15 is 0 Å². The summed E-state index contributed by atoms with van der Waals surface area (Å²) in [6, 6.07) is 13.4. The third-order valence-electron chi connectivity index (χ3n) is 5.69. The first kappa shape index (κ1) is 21.4. The molecule has 1 heterocycles. The molecule has 154 valence electrons. The summed E-state index contributed by atoms with van der Waals surface area (Å²) in [5.74, 6) is 0.144. The molecule has 0 saturated carbocycles. The van der Waals surface area contributed by atoms with E-state index in [0.717, 1.165) is 23.1 Å². The number of rotatable bonds is 6. The van der Waals surface area contributed by atoms with Gasteiger partial charge in [0.2, 0.25) is 0 Å². The van der Waals surface area contributed by atoms with E-state index in [1.54, 1.807) is 13.2 Å². The molecule has 0 spiro atoms. The number of halogens is 1. The van der Waals surface area contributed by atoms with Gasteiger partial charge in [0, 0.05) is 22.4 Å². The quantitative estimate of drug-likeness (QED) is 0.606. The lowest BCUT2D eigenvalue weighted by atomic mass is 9.75. The zero-order valence-corrected chi connectivity index (χ0v) is 17.8. The summed E-state index contributed by atoms with van der Waals surface area (Å²) in [7, 11) is 1.62. The summed E-state index contributed by atoms with van der Waals surface area (Å²) in [6.07, 6.45) is 0.582. The minimum absolute atomic E-state index is 0.0235. The van der Waals surface area contributed by atoms with Crippen LogP contribution in [0.5, 0.6) is 5.75 Å². The van der Waals surface area contributed by atoms with Crippen LogP contribution < -0.4 is 4.74 Å². The Labute approximate surface area is 177 Å². The number of methoxy groups -OCH3 is 1. The first-order valence-electron chi connectivity index (χ1n) is 9.75. The molecule has 0 aliphatic carbocycles. The summed E-state index contributed by atoms with van der Waals surface area (Å²) in [4.78, 5) is 11.2. The van der Waals surface area contributed by atoms with Crippen molar-refractivity contribution in [2.75, 3.05) is 7.11 Å². The molecule has 0 unspecified atom stereocenters. The maximum atomic E-state index is 11.2. The van der Waals surface area contributed by atoms with Crippen molar-refractivity contribution in [1.29, 1.82) is 0 Å². The number of carbonyl (C=O) groups is 1. The molecule has 0 aromatic heterocycles. The fraction of sp³-hybridized carbons (Fsp3) is 0.375. The highest BCUT2D eigenvalue weighted by Gasteiger charge is 2.39. The van der Waals surface area contributed by atoms with Crippen LogP contribution in [0.1, 0.15) is 49.0 Å². The van der Waals surface area contributed by atoms with E-state index in [4.69, 9.17) is 21.1 Å². The normalized spacial score (nSPS) is 24.1. The molecule has 1 aliphatic rings. The van der Waals surface area contributed by atoms with Gasteiger partial charge in [0.05, 0.1) is 25.7 Å². The number of carboxylic acids is 1. The van der Waals surface area contributed by atoms with E-state index in [9.17, 15) is 9.90 Å². The highest BCUT2D eigenvalue weighted by molar-refractivity contribution is 6.30. The molecule has 0 amide bonds. The summed E-state index contributed by atoms with van der Waals surface area (Å²) in [6.45, 7) is 8.31. The van der Waals surface area contributed by atoms with Crippen LogP contribution in [0.2, 0.25) is 5.02 Å². The van der Waals surface area contributed by atoms with Crippen LogP contribution in [0.25, 0.3) is 0 Å². The van der Waals surface area contributed by atoms with Crippen LogP contribution in [0.15, 0.2) is 54.6 Å². The molecule has 5 heteroatoms. The molecule has 4 atom stereocenters. The molecular weight excluding hydrogens is 388 g/mol. The maximum Gasteiger partial charge on any atom is 0.307 e. The minimum atomic E-state index is -0.863. The molecule has 2 aromatic carbocycles. The zero-order valence-electron chi connectivity index (χ0n) is 17.0. The van der Waals surface area contributed by atoms with Crippen LogP contribution in [-0.2, 0) is 16.0 Å². The van der Waals surface area contributed by atoms with Crippen LogP contribution in [0.4, 0.5) is 0 Å². The number of aliphatic carboxylic acids is 1. The van der Waals surface area contributed by atoms with Gasteiger partial charge in [0.15, 0.2) is 0 Å². The zero-order chi connectivity index (χ0) is 21.1. The van der Waals surface area contributed by atoms with Crippen LogP contribution in [0, 0.1) is 5.92 Å². The number of ether oxygens (including phenoxy) is 2. The van der Waals surface area contributed by atoms with Crippen molar-refractivity contribution in [3.05, 3.63) is 76.3 Å². The Morgan fingerprint density at radius 2 is 1.97 bits per heavy atom. The SMILES string of the molecule is C=C(C)[C@H]1C[C@@H](c2ccc(Cl)cc2)[C@H](C)O[C@@H]1c1cc(CC(=O)O)ccc1OC. The minimum Gasteiger partial charge on any atom is -0.496 e. The van der Waals surface area contributed by atoms with E-state index in [1.807, 2.05) is 31.2 Å². The second-order valence-corrected chi connectivity index (χ2v) is 8.19. The molecule has 3 rings (SSSR count). The first-order chi connectivity index (χ1) is 13.8. The summed E-state index contributed by atoms with van der Waals surface area (Å²) >= 11 is 6.05. The Kier molecular flexibility index (Phi) is 6.66. The number of benzene rings is 2. The van der Waals surface area contributed by atoms with Gasteiger partial charge < -0.3 is 14.6 Å². The molecule has 0 bridgehead atoms. The van der Waals surface area contributed by atoms with E-state index in [0.29, 0.717) is 10.8 Å². The largest absolute Gasteiger partial charge is 0.496 e. The number of hydrogen-bond donors (Lipinski definition) is 1. The molecule has 1 aliphatic heterocycles. The summed E-state index contributed by atoms with van der Waals surface area (Å²) in [5, 5.41) is 9.89. The van der Waals surface area contributed by atoms with Gasteiger partial charge >= 0.3 is 5.97 Å². The molecule has 0 radical (unpaired) electrons. The third-order valence-corrected chi connectivity index (χ3v) is 5.94. The fourth-order valence-electron chi connectivity index (χ4n) is 4.17. The van der Waals surface area contributed by atoms with Gasteiger partial charge in [-0.05, 0) is 55.7 Å². The van der Waals surface area contributed by atoms with Gasteiger partial charge in [0.25, 0.3) is 0 Å². The standard InChI is InChI=1S/C24H27ClO4/c1-14(2)19-13-20(17-6-8-18(25)9-7-17)15(3)29-24(19)21-11-16(12-23(26)27)5-10-22(21)28-4/h5-11,15,19-20,24H,1,12-13H2,2-4H3,(H,26,27)/t15-,19+,20+,24-/m0/s1. The molecule has 29 heavy (non-hydrogen) atoms. The number of carboxylic acid groups (broad SMARTS) is 1. The van der Waals surface area contributed by atoms with Crippen LogP contribution in [-0.4, -0.2) is 24.3 Å². The van der Waals surface area contributed by atoms with Crippen molar-refractivity contribution in [3.63, 3.8) is 0 Å². The van der Waals surface area contributed by atoms with Gasteiger partial charge in [-0.1, -0.05) is 42.0 Å². The second-order valence-electron chi connectivity index (χ2n) is 7.76. The van der Waals surface area contributed by atoms with Crippen molar-refractivity contribution in [2.45, 2.75) is 44.8 Å². The van der Waals surface area contributed by atoms with Gasteiger partial charge in [-0.3, -0.25) is 4.79 Å². The predicted molar refractivity (Wildman–Crippen MR) is 115 cm³/mol. The Bertz CT molecular complexity index is 890. The van der Waals surface area contributed by atoms with Gasteiger partial charge in [-0.25, -0.2) is 0 Å². The second kappa shape index (κ2) is 9.02. The third kappa shape index (κ3) is 4.82. The monoisotopic (exact) mass is 414 g/mol. The smallest absolute Gasteiger partial charge is 0.307 e. The highest BCUT2D eigenvalue weighted by Crippen LogP contribution is 2.48. The molecular formula is C24H27ClO4. The highest BCUT2D eigenvalue weighted by atomic mass is 35.5. The van der Waals surface area contributed by atoms with E-state index in [1.165, 1.54) is 5.56 Å². The Morgan fingerprint density at radius 1 is 1.28 bits per heavy atom. The van der Waals surface area contributed by atoms with Crippen molar-refractivity contribution < 1.29 is 19.4 Å². The van der Waals surface area contributed by atoms with E-state index in [-0.39, 0.29) is 30.5 Å².